The van der Waals surface area contributed by atoms with Gasteiger partial charge in [-0.05, 0) is 13.3 Å². The first-order valence-electron chi connectivity index (χ1n) is 4.88. The Morgan fingerprint density at radius 3 is 3.00 bits per heavy atom. The van der Waals surface area contributed by atoms with Gasteiger partial charge in [0.2, 0.25) is 5.13 Å². The molecule has 1 unspecified atom stereocenters. The van der Waals surface area contributed by atoms with Crippen molar-refractivity contribution in [3.05, 3.63) is 5.82 Å². The van der Waals surface area contributed by atoms with Crippen molar-refractivity contribution < 1.29 is 8.42 Å². The Kier molecular flexibility index (Phi) is 2.92. The molecule has 5 nitrogen and oxygen atoms in total. The lowest BCUT2D eigenvalue weighted by Crippen LogP contribution is -2.05. The highest BCUT2D eigenvalue weighted by Gasteiger charge is 2.31. The van der Waals surface area contributed by atoms with Crippen molar-refractivity contribution in [2.75, 3.05) is 23.4 Å². The summed E-state index contributed by atoms with van der Waals surface area (Å²) in [5.74, 6) is 1.15. The van der Waals surface area contributed by atoms with Crippen molar-refractivity contribution in [2.24, 2.45) is 0 Å². The van der Waals surface area contributed by atoms with Gasteiger partial charge in [0.25, 0.3) is 0 Å². The van der Waals surface area contributed by atoms with Gasteiger partial charge in [0, 0.05) is 24.0 Å². The average molecular weight is 247 g/mol. The third-order valence-corrected chi connectivity index (χ3v) is 4.82. The molecule has 1 aliphatic rings. The Morgan fingerprint density at radius 2 is 2.40 bits per heavy atom. The number of anilines is 1. The van der Waals surface area contributed by atoms with Crippen LogP contribution in [0, 0.1) is 0 Å². The molecule has 7 heteroatoms. The number of aromatic nitrogens is 2. The van der Waals surface area contributed by atoms with Gasteiger partial charge >= 0.3 is 0 Å². The van der Waals surface area contributed by atoms with Gasteiger partial charge in [-0.2, -0.15) is 4.37 Å². The fraction of sp³-hybridized carbons (Fsp3) is 0.750. The van der Waals surface area contributed by atoms with E-state index in [1.54, 1.807) is 0 Å². The highest BCUT2D eigenvalue weighted by molar-refractivity contribution is 7.91. The van der Waals surface area contributed by atoms with Crippen LogP contribution in [-0.2, 0) is 9.84 Å². The third-order valence-electron chi connectivity index (χ3n) is 2.37. The molecule has 1 aliphatic heterocycles. The summed E-state index contributed by atoms with van der Waals surface area (Å²) in [4.78, 5) is 4.28. The van der Waals surface area contributed by atoms with E-state index in [-0.39, 0.29) is 17.4 Å². The summed E-state index contributed by atoms with van der Waals surface area (Å²) >= 11 is 1.29. The van der Waals surface area contributed by atoms with E-state index >= 15 is 0 Å². The Bertz CT molecular complexity index is 440. The molecule has 0 radical (unpaired) electrons. The standard InChI is InChI=1S/C8H13N3O2S2/c1-2-9-8-10-7(11-14-8)6-3-4-15(12,13)5-6/h6H,2-5H2,1H3,(H,9,10,11). The highest BCUT2D eigenvalue weighted by atomic mass is 32.2. The first-order chi connectivity index (χ1) is 7.11. The number of hydrogen-bond acceptors (Lipinski definition) is 6. The lowest BCUT2D eigenvalue weighted by Gasteiger charge is -1.99. The van der Waals surface area contributed by atoms with Crippen molar-refractivity contribution in [1.82, 2.24) is 9.36 Å². The summed E-state index contributed by atoms with van der Waals surface area (Å²) in [5.41, 5.74) is 0. The van der Waals surface area contributed by atoms with Gasteiger partial charge in [-0.15, -0.1) is 0 Å². The number of rotatable bonds is 3. The molecular weight excluding hydrogens is 234 g/mol. The summed E-state index contributed by atoms with van der Waals surface area (Å²) in [5, 5.41) is 3.84. The summed E-state index contributed by atoms with van der Waals surface area (Å²) in [7, 11) is -2.84. The molecule has 1 fully saturated rings. The van der Waals surface area contributed by atoms with Crippen molar-refractivity contribution >= 4 is 26.5 Å². The van der Waals surface area contributed by atoms with Crippen molar-refractivity contribution in [1.29, 1.82) is 0 Å². The molecule has 1 aromatic heterocycles. The van der Waals surface area contributed by atoms with E-state index < -0.39 is 9.84 Å². The fourth-order valence-electron chi connectivity index (χ4n) is 1.62. The monoisotopic (exact) mass is 247 g/mol. The van der Waals surface area contributed by atoms with Gasteiger partial charge in [0.05, 0.1) is 11.5 Å². The molecule has 0 amide bonds. The van der Waals surface area contributed by atoms with E-state index in [0.29, 0.717) is 12.2 Å². The average Bonchev–Trinajstić information content (AvgIpc) is 2.73. The Balaban J connectivity index is 2.10. The van der Waals surface area contributed by atoms with Gasteiger partial charge in [0.15, 0.2) is 9.84 Å². The second kappa shape index (κ2) is 4.05. The normalized spacial score (nSPS) is 24.2. The summed E-state index contributed by atoms with van der Waals surface area (Å²) in [6.07, 6.45) is 0.657. The topological polar surface area (TPSA) is 72.0 Å². The van der Waals surface area contributed by atoms with Gasteiger partial charge in [0.1, 0.15) is 5.82 Å². The smallest absolute Gasteiger partial charge is 0.202 e. The van der Waals surface area contributed by atoms with E-state index in [2.05, 4.69) is 14.7 Å². The Labute approximate surface area is 93.0 Å². The molecule has 1 N–H and O–H groups in total. The van der Waals surface area contributed by atoms with E-state index in [4.69, 9.17) is 0 Å². The highest BCUT2D eigenvalue weighted by Crippen LogP contribution is 2.28. The number of nitrogens with zero attached hydrogens (tertiary/aromatic N) is 2. The van der Waals surface area contributed by atoms with E-state index in [0.717, 1.165) is 11.7 Å². The van der Waals surface area contributed by atoms with Crippen molar-refractivity contribution in [3.63, 3.8) is 0 Å². The molecule has 0 aromatic carbocycles. The van der Waals surface area contributed by atoms with Gasteiger partial charge in [-0.3, -0.25) is 0 Å². The molecule has 1 saturated heterocycles. The molecule has 1 aromatic rings. The zero-order chi connectivity index (χ0) is 10.9. The Morgan fingerprint density at radius 1 is 1.60 bits per heavy atom. The fourth-order valence-corrected chi connectivity index (χ4v) is 4.07. The molecule has 84 valence electrons. The van der Waals surface area contributed by atoms with Crippen LogP contribution in [0.3, 0.4) is 0 Å². The summed E-state index contributed by atoms with van der Waals surface area (Å²) < 4.78 is 26.7. The molecule has 2 heterocycles. The second-order valence-electron chi connectivity index (χ2n) is 3.59. The first kappa shape index (κ1) is 10.8. The Hall–Kier alpha value is -0.690. The largest absolute Gasteiger partial charge is 0.361 e. The molecule has 0 spiro atoms. The zero-order valence-electron chi connectivity index (χ0n) is 8.43. The minimum Gasteiger partial charge on any atom is -0.361 e. The maximum atomic E-state index is 11.3. The van der Waals surface area contributed by atoms with Crippen LogP contribution < -0.4 is 5.32 Å². The first-order valence-corrected chi connectivity index (χ1v) is 7.48. The molecule has 0 aliphatic carbocycles. The van der Waals surface area contributed by atoms with Crippen LogP contribution >= 0.6 is 11.5 Å². The van der Waals surface area contributed by atoms with Crippen LogP contribution in [0.2, 0.25) is 0 Å². The predicted molar refractivity (Wildman–Crippen MR) is 60.1 cm³/mol. The minimum atomic E-state index is -2.84. The molecule has 0 bridgehead atoms. The van der Waals surface area contributed by atoms with Crippen LogP contribution in [0.5, 0.6) is 0 Å². The number of hydrogen-bond donors (Lipinski definition) is 1. The van der Waals surface area contributed by atoms with Gasteiger partial charge < -0.3 is 5.32 Å². The van der Waals surface area contributed by atoms with E-state index in [9.17, 15) is 8.42 Å². The molecule has 1 atom stereocenters. The second-order valence-corrected chi connectivity index (χ2v) is 6.57. The van der Waals surface area contributed by atoms with Crippen LogP contribution in [0.15, 0.2) is 0 Å². The van der Waals surface area contributed by atoms with E-state index in [1.807, 2.05) is 6.92 Å². The predicted octanol–water partition coefficient (Wildman–Crippen LogP) is 0.872. The van der Waals surface area contributed by atoms with Crippen LogP contribution in [0.1, 0.15) is 25.1 Å². The van der Waals surface area contributed by atoms with Gasteiger partial charge in [-0.25, -0.2) is 13.4 Å². The zero-order valence-corrected chi connectivity index (χ0v) is 10.1. The minimum absolute atomic E-state index is 0.00124. The molecular formula is C8H13N3O2S2. The number of sulfone groups is 1. The van der Waals surface area contributed by atoms with Gasteiger partial charge in [-0.1, -0.05) is 0 Å². The van der Waals surface area contributed by atoms with Crippen molar-refractivity contribution in [2.45, 2.75) is 19.3 Å². The number of nitrogens with one attached hydrogen (secondary N) is 1. The summed E-state index contributed by atoms with van der Waals surface area (Å²) in [6.45, 7) is 2.79. The quantitative estimate of drug-likeness (QED) is 0.858. The SMILES string of the molecule is CCNc1nc(C2CCS(=O)(=O)C2)ns1. The lowest BCUT2D eigenvalue weighted by atomic mass is 10.1. The molecule has 2 rings (SSSR count). The third kappa shape index (κ3) is 2.46. The molecule has 0 saturated carbocycles. The summed E-state index contributed by atoms with van der Waals surface area (Å²) in [6, 6.07) is 0. The lowest BCUT2D eigenvalue weighted by molar-refractivity contribution is 0.601. The van der Waals surface area contributed by atoms with Crippen molar-refractivity contribution in [3.8, 4) is 0 Å². The van der Waals surface area contributed by atoms with Crippen LogP contribution in [0.4, 0.5) is 5.13 Å². The van der Waals surface area contributed by atoms with E-state index in [1.165, 1.54) is 11.5 Å². The van der Waals surface area contributed by atoms with Crippen LogP contribution in [0.25, 0.3) is 0 Å². The maximum absolute atomic E-state index is 11.3. The molecule has 15 heavy (non-hydrogen) atoms. The van der Waals surface area contributed by atoms with Crippen LogP contribution in [-0.4, -0.2) is 35.8 Å². The maximum Gasteiger partial charge on any atom is 0.202 e.